The van der Waals surface area contributed by atoms with Gasteiger partial charge in [0.15, 0.2) is 5.79 Å². The normalized spacial score (nSPS) is 39.6. The third kappa shape index (κ3) is 1.88. The molecule has 1 saturated carbocycles. The average Bonchev–Trinajstić information content (AvgIpc) is 2.91. The lowest BCUT2D eigenvalue weighted by Crippen LogP contribution is -2.46. The maximum Gasteiger partial charge on any atom is 0.182 e. The van der Waals surface area contributed by atoms with Gasteiger partial charge >= 0.3 is 0 Å². The Morgan fingerprint density at radius 1 is 1.12 bits per heavy atom. The van der Waals surface area contributed by atoms with Crippen LogP contribution in [0.5, 0.6) is 0 Å². The highest BCUT2D eigenvalue weighted by Crippen LogP contribution is 2.34. The van der Waals surface area contributed by atoms with Crippen LogP contribution in [0.3, 0.4) is 0 Å². The van der Waals surface area contributed by atoms with E-state index in [1.807, 2.05) is 0 Å². The second kappa shape index (κ2) is 4.26. The Bertz CT molecular complexity index is 253. The van der Waals surface area contributed by atoms with E-state index in [0.717, 1.165) is 45.6 Å². The van der Waals surface area contributed by atoms with Gasteiger partial charge in [0.1, 0.15) is 0 Å². The van der Waals surface area contributed by atoms with Crippen molar-refractivity contribution in [3.8, 4) is 0 Å². The number of aliphatic hydroxyl groups is 1. The van der Waals surface area contributed by atoms with Gasteiger partial charge < -0.3 is 14.6 Å². The number of hydrogen-bond donors (Lipinski definition) is 1. The molecule has 3 fully saturated rings. The molecular formula is C12H21NO3. The van der Waals surface area contributed by atoms with Gasteiger partial charge in [-0.1, -0.05) is 12.8 Å². The number of hydrogen-bond acceptors (Lipinski definition) is 4. The molecule has 3 rings (SSSR count). The van der Waals surface area contributed by atoms with E-state index in [1.165, 1.54) is 12.8 Å². The fourth-order valence-electron chi connectivity index (χ4n) is 3.31. The van der Waals surface area contributed by atoms with Gasteiger partial charge in [0, 0.05) is 19.0 Å². The third-order valence-corrected chi connectivity index (χ3v) is 4.20. The van der Waals surface area contributed by atoms with E-state index in [1.54, 1.807) is 0 Å². The van der Waals surface area contributed by atoms with Crippen molar-refractivity contribution >= 4 is 0 Å². The Hall–Kier alpha value is -0.160. The summed E-state index contributed by atoms with van der Waals surface area (Å²) in [5, 5.41) is 10.0. The van der Waals surface area contributed by atoms with Crippen molar-refractivity contribution in [2.24, 2.45) is 0 Å². The molecule has 2 heterocycles. The molecule has 0 bridgehead atoms. The molecule has 2 atom stereocenters. The minimum absolute atomic E-state index is 0.148. The average molecular weight is 227 g/mol. The van der Waals surface area contributed by atoms with Crippen LogP contribution in [0.2, 0.25) is 0 Å². The number of rotatable bonds is 1. The first-order chi connectivity index (χ1) is 7.79. The van der Waals surface area contributed by atoms with Crippen molar-refractivity contribution < 1.29 is 14.6 Å². The molecule has 0 amide bonds. The van der Waals surface area contributed by atoms with Gasteiger partial charge in [-0.3, -0.25) is 4.90 Å². The molecule has 0 aromatic carbocycles. The highest BCUT2D eigenvalue weighted by atomic mass is 16.7. The molecular weight excluding hydrogens is 206 g/mol. The molecule has 0 aromatic rings. The molecule has 1 aliphatic carbocycles. The van der Waals surface area contributed by atoms with Crippen LogP contribution in [-0.4, -0.2) is 54.2 Å². The van der Waals surface area contributed by atoms with Crippen LogP contribution >= 0.6 is 0 Å². The van der Waals surface area contributed by atoms with E-state index < -0.39 is 0 Å². The van der Waals surface area contributed by atoms with Crippen molar-refractivity contribution in [1.82, 2.24) is 4.90 Å². The molecule has 1 N–H and O–H groups in total. The van der Waals surface area contributed by atoms with Crippen molar-refractivity contribution in [3.05, 3.63) is 0 Å². The van der Waals surface area contributed by atoms with Crippen molar-refractivity contribution in [1.29, 1.82) is 0 Å². The molecule has 3 aliphatic rings. The van der Waals surface area contributed by atoms with Crippen LogP contribution in [0.1, 0.15) is 32.1 Å². The number of ether oxygens (including phenoxy) is 2. The zero-order valence-corrected chi connectivity index (χ0v) is 9.73. The second-order valence-electron chi connectivity index (χ2n) is 5.25. The molecule has 1 spiro atoms. The van der Waals surface area contributed by atoms with Crippen LogP contribution < -0.4 is 0 Å². The molecule has 4 heteroatoms. The predicted octanol–water partition coefficient (Wildman–Crippen LogP) is 0.739. The van der Waals surface area contributed by atoms with Crippen LogP contribution in [0.15, 0.2) is 0 Å². The summed E-state index contributed by atoms with van der Waals surface area (Å²) >= 11 is 0. The van der Waals surface area contributed by atoms with Gasteiger partial charge in [0.05, 0.1) is 25.9 Å². The highest BCUT2D eigenvalue weighted by Gasteiger charge is 2.46. The van der Waals surface area contributed by atoms with E-state index in [2.05, 4.69) is 4.90 Å². The van der Waals surface area contributed by atoms with Gasteiger partial charge in [-0.2, -0.15) is 0 Å². The first-order valence-corrected chi connectivity index (χ1v) is 6.49. The summed E-state index contributed by atoms with van der Waals surface area (Å²) in [6, 6.07) is 0.334. The number of aliphatic hydroxyl groups excluding tert-OH is 1. The Morgan fingerprint density at radius 2 is 1.88 bits per heavy atom. The van der Waals surface area contributed by atoms with Gasteiger partial charge in [0.25, 0.3) is 0 Å². The molecule has 4 nitrogen and oxygen atoms in total. The molecule has 1 unspecified atom stereocenters. The lowest BCUT2D eigenvalue weighted by Gasteiger charge is -2.35. The van der Waals surface area contributed by atoms with E-state index in [9.17, 15) is 5.11 Å². The van der Waals surface area contributed by atoms with E-state index in [4.69, 9.17) is 9.47 Å². The highest BCUT2D eigenvalue weighted by molar-refractivity contribution is 4.93. The molecule has 2 aliphatic heterocycles. The Labute approximate surface area is 96.5 Å². The lowest BCUT2D eigenvalue weighted by atomic mass is 9.91. The van der Waals surface area contributed by atoms with Crippen molar-refractivity contribution in [3.63, 3.8) is 0 Å². The Balaban J connectivity index is 1.63. The first kappa shape index (κ1) is 11.0. The second-order valence-corrected chi connectivity index (χ2v) is 5.25. The van der Waals surface area contributed by atoms with Crippen LogP contribution in [0.25, 0.3) is 0 Å². The first-order valence-electron chi connectivity index (χ1n) is 6.49. The molecule has 16 heavy (non-hydrogen) atoms. The molecule has 0 radical (unpaired) electrons. The van der Waals surface area contributed by atoms with Gasteiger partial charge in [-0.05, 0) is 12.8 Å². The Morgan fingerprint density at radius 3 is 2.62 bits per heavy atom. The summed E-state index contributed by atoms with van der Waals surface area (Å²) in [7, 11) is 0. The fourth-order valence-corrected chi connectivity index (χ4v) is 3.31. The standard InChI is InChI=1S/C12H21NO3/c14-11-4-2-1-3-10(11)13-6-5-12(9-13)15-7-8-16-12/h10-11,14H,1-9H2/t10?,11-/m0/s1. The quantitative estimate of drug-likeness (QED) is 0.717. The molecule has 0 aromatic heterocycles. The summed E-state index contributed by atoms with van der Waals surface area (Å²) in [5.74, 6) is -0.336. The van der Waals surface area contributed by atoms with Crippen LogP contribution in [0.4, 0.5) is 0 Å². The summed E-state index contributed by atoms with van der Waals surface area (Å²) in [6.45, 7) is 3.29. The van der Waals surface area contributed by atoms with E-state index in [-0.39, 0.29) is 11.9 Å². The monoisotopic (exact) mass is 227 g/mol. The zero-order chi connectivity index (χ0) is 11.0. The predicted molar refractivity (Wildman–Crippen MR) is 59.1 cm³/mol. The third-order valence-electron chi connectivity index (χ3n) is 4.20. The minimum Gasteiger partial charge on any atom is -0.391 e. The van der Waals surface area contributed by atoms with Gasteiger partial charge in [-0.25, -0.2) is 0 Å². The molecule has 2 saturated heterocycles. The summed E-state index contributed by atoms with van der Waals surface area (Å²) in [6.07, 6.45) is 5.30. The largest absolute Gasteiger partial charge is 0.391 e. The van der Waals surface area contributed by atoms with Crippen molar-refractivity contribution in [2.45, 2.75) is 50.0 Å². The summed E-state index contributed by atoms with van der Waals surface area (Å²) < 4.78 is 11.4. The fraction of sp³-hybridized carbons (Fsp3) is 1.00. The summed E-state index contributed by atoms with van der Waals surface area (Å²) in [4.78, 5) is 2.37. The Kier molecular flexibility index (Phi) is 2.92. The maximum absolute atomic E-state index is 10.0. The van der Waals surface area contributed by atoms with Gasteiger partial charge in [0.2, 0.25) is 0 Å². The minimum atomic E-state index is -0.336. The van der Waals surface area contributed by atoms with Crippen LogP contribution in [0, 0.1) is 0 Å². The number of likely N-dealkylation sites (tertiary alicyclic amines) is 1. The lowest BCUT2D eigenvalue weighted by molar-refractivity contribution is -0.148. The van der Waals surface area contributed by atoms with E-state index >= 15 is 0 Å². The SMILES string of the molecule is O[C@H]1CCCCC1N1CCC2(C1)OCCO2. The number of nitrogens with zero attached hydrogens (tertiary/aromatic N) is 1. The smallest absolute Gasteiger partial charge is 0.182 e. The topological polar surface area (TPSA) is 41.9 Å². The van der Waals surface area contributed by atoms with Crippen LogP contribution in [-0.2, 0) is 9.47 Å². The van der Waals surface area contributed by atoms with E-state index in [0.29, 0.717) is 6.04 Å². The summed E-state index contributed by atoms with van der Waals surface area (Å²) in [5.41, 5.74) is 0. The maximum atomic E-state index is 10.0. The van der Waals surface area contributed by atoms with Crippen molar-refractivity contribution in [2.75, 3.05) is 26.3 Å². The zero-order valence-electron chi connectivity index (χ0n) is 9.73. The molecule has 92 valence electrons. The van der Waals surface area contributed by atoms with Gasteiger partial charge in [-0.15, -0.1) is 0 Å².